The van der Waals surface area contributed by atoms with E-state index in [-0.39, 0.29) is 5.78 Å². The van der Waals surface area contributed by atoms with Crippen LogP contribution in [0.3, 0.4) is 0 Å². The Morgan fingerprint density at radius 1 is 1.32 bits per heavy atom. The van der Waals surface area contributed by atoms with E-state index in [1.807, 2.05) is 17.5 Å². The number of hydrogen-bond acceptors (Lipinski definition) is 4. The van der Waals surface area contributed by atoms with Gasteiger partial charge in [-0.25, -0.2) is 4.98 Å². The fourth-order valence-corrected chi connectivity index (χ4v) is 2.42. The SMILES string of the molecule is CC(=O)c1ccc(OCc2csc(C(C)C)n2)cc1. The van der Waals surface area contributed by atoms with E-state index >= 15 is 0 Å². The molecule has 2 aromatic rings. The van der Waals surface area contributed by atoms with Crippen LogP contribution in [0.1, 0.15) is 47.7 Å². The van der Waals surface area contributed by atoms with E-state index in [0.717, 1.165) is 16.5 Å². The quantitative estimate of drug-likeness (QED) is 0.773. The Morgan fingerprint density at radius 2 is 2.00 bits per heavy atom. The third kappa shape index (κ3) is 3.64. The largest absolute Gasteiger partial charge is 0.487 e. The van der Waals surface area contributed by atoms with E-state index in [1.54, 1.807) is 30.4 Å². The molecule has 1 aromatic carbocycles. The average molecular weight is 275 g/mol. The summed E-state index contributed by atoms with van der Waals surface area (Å²) in [4.78, 5) is 15.7. The number of hydrogen-bond donors (Lipinski definition) is 0. The number of carbonyl (C=O) groups is 1. The zero-order chi connectivity index (χ0) is 13.8. The molecule has 0 bridgehead atoms. The Balaban J connectivity index is 1.96. The predicted molar refractivity (Wildman–Crippen MR) is 77.0 cm³/mol. The molecular weight excluding hydrogens is 258 g/mol. The number of Topliss-reactive ketones (excluding diaryl/α,β-unsaturated/α-hetero) is 1. The van der Waals surface area contributed by atoms with Gasteiger partial charge < -0.3 is 4.74 Å². The molecule has 19 heavy (non-hydrogen) atoms. The fourth-order valence-electron chi connectivity index (χ4n) is 1.60. The van der Waals surface area contributed by atoms with Crippen molar-refractivity contribution in [3.8, 4) is 5.75 Å². The highest BCUT2D eigenvalue weighted by Gasteiger charge is 2.06. The van der Waals surface area contributed by atoms with E-state index < -0.39 is 0 Å². The summed E-state index contributed by atoms with van der Waals surface area (Å²) >= 11 is 1.66. The molecule has 2 rings (SSSR count). The second-order valence-corrected chi connectivity index (χ2v) is 5.59. The Hall–Kier alpha value is -1.68. The molecule has 0 N–H and O–H groups in total. The van der Waals surface area contributed by atoms with Gasteiger partial charge in [0.2, 0.25) is 0 Å². The number of carbonyl (C=O) groups excluding carboxylic acids is 1. The lowest BCUT2D eigenvalue weighted by atomic mass is 10.1. The van der Waals surface area contributed by atoms with Gasteiger partial charge in [-0.2, -0.15) is 0 Å². The highest BCUT2D eigenvalue weighted by Crippen LogP contribution is 2.20. The summed E-state index contributed by atoms with van der Waals surface area (Å²) in [7, 11) is 0. The van der Waals surface area contributed by atoms with Gasteiger partial charge in [0.25, 0.3) is 0 Å². The maximum Gasteiger partial charge on any atom is 0.159 e. The number of nitrogens with zero attached hydrogens (tertiary/aromatic N) is 1. The van der Waals surface area contributed by atoms with Crippen LogP contribution in [0.2, 0.25) is 0 Å². The van der Waals surface area contributed by atoms with Gasteiger partial charge in [0.1, 0.15) is 12.4 Å². The summed E-state index contributed by atoms with van der Waals surface area (Å²) in [6.07, 6.45) is 0. The number of rotatable bonds is 5. The zero-order valence-corrected chi connectivity index (χ0v) is 12.2. The molecule has 0 saturated carbocycles. The molecule has 0 spiro atoms. The van der Waals surface area contributed by atoms with Crippen molar-refractivity contribution in [2.24, 2.45) is 0 Å². The molecule has 0 aliphatic heterocycles. The van der Waals surface area contributed by atoms with Gasteiger partial charge in [0, 0.05) is 16.9 Å². The maximum absolute atomic E-state index is 11.2. The number of thiazole rings is 1. The van der Waals surface area contributed by atoms with E-state index in [0.29, 0.717) is 18.1 Å². The van der Waals surface area contributed by atoms with Crippen LogP contribution in [0.25, 0.3) is 0 Å². The maximum atomic E-state index is 11.2. The summed E-state index contributed by atoms with van der Waals surface area (Å²) in [6, 6.07) is 7.18. The monoisotopic (exact) mass is 275 g/mol. The Bertz CT molecular complexity index is 558. The molecule has 1 aromatic heterocycles. The number of aromatic nitrogens is 1. The first kappa shape index (κ1) is 13.7. The van der Waals surface area contributed by atoms with Gasteiger partial charge in [-0.05, 0) is 31.2 Å². The summed E-state index contributed by atoms with van der Waals surface area (Å²) in [5.41, 5.74) is 1.65. The minimum absolute atomic E-state index is 0.0626. The van der Waals surface area contributed by atoms with Crippen molar-refractivity contribution >= 4 is 17.1 Å². The third-order valence-corrected chi connectivity index (χ3v) is 3.91. The fraction of sp³-hybridized carbons (Fsp3) is 0.333. The average Bonchev–Trinajstić information content (AvgIpc) is 2.86. The second-order valence-electron chi connectivity index (χ2n) is 4.70. The van der Waals surface area contributed by atoms with Crippen LogP contribution in [0.15, 0.2) is 29.6 Å². The number of ether oxygens (including phenoxy) is 1. The third-order valence-electron chi connectivity index (χ3n) is 2.71. The molecule has 0 saturated heterocycles. The number of benzene rings is 1. The van der Waals surface area contributed by atoms with Crippen molar-refractivity contribution in [2.75, 3.05) is 0 Å². The predicted octanol–water partition coefficient (Wildman–Crippen LogP) is 4.05. The van der Waals surface area contributed by atoms with Gasteiger partial charge in [-0.15, -0.1) is 11.3 Å². The first-order valence-corrected chi connectivity index (χ1v) is 7.12. The van der Waals surface area contributed by atoms with E-state index in [1.165, 1.54) is 0 Å². The van der Waals surface area contributed by atoms with E-state index in [4.69, 9.17) is 4.74 Å². The smallest absolute Gasteiger partial charge is 0.159 e. The van der Waals surface area contributed by atoms with Crippen molar-refractivity contribution in [1.29, 1.82) is 0 Å². The van der Waals surface area contributed by atoms with Crippen LogP contribution >= 0.6 is 11.3 Å². The van der Waals surface area contributed by atoms with Crippen LogP contribution in [-0.2, 0) is 6.61 Å². The molecule has 0 aliphatic rings. The molecule has 1 heterocycles. The lowest BCUT2D eigenvalue weighted by Gasteiger charge is -2.04. The van der Waals surface area contributed by atoms with Gasteiger partial charge in [0.05, 0.1) is 10.7 Å². The van der Waals surface area contributed by atoms with Crippen LogP contribution in [0.4, 0.5) is 0 Å². The normalized spacial score (nSPS) is 10.7. The Kier molecular flexibility index (Phi) is 4.32. The summed E-state index contributed by atoms with van der Waals surface area (Å²) in [5.74, 6) is 1.27. The van der Waals surface area contributed by atoms with E-state index in [9.17, 15) is 4.79 Å². The molecule has 0 radical (unpaired) electrons. The molecule has 4 heteroatoms. The van der Waals surface area contributed by atoms with Crippen LogP contribution < -0.4 is 4.74 Å². The zero-order valence-electron chi connectivity index (χ0n) is 11.3. The highest BCUT2D eigenvalue weighted by molar-refractivity contribution is 7.09. The molecular formula is C15H17NO2S. The molecule has 0 unspecified atom stereocenters. The van der Waals surface area contributed by atoms with Crippen molar-refractivity contribution in [2.45, 2.75) is 33.3 Å². The first-order chi connectivity index (χ1) is 9.06. The second kappa shape index (κ2) is 5.97. The highest BCUT2D eigenvalue weighted by atomic mass is 32.1. The molecule has 0 aliphatic carbocycles. The van der Waals surface area contributed by atoms with E-state index in [2.05, 4.69) is 18.8 Å². The Labute approximate surface area is 117 Å². The first-order valence-electron chi connectivity index (χ1n) is 6.24. The molecule has 100 valence electrons. The molecule has 0 atom stereocenters. The Morgan fingerprint density at radius 3 is 2.53 bits per heavy atom. The van der Waals surface area contributed by atoms with Gasteiger partial charge >= 0.3 is 0 Å². The molecule has 0 fully saturated rings. The van der Waals surface area contributed by atoms with Gasteiger partial charge in [-0.3, -0.25) is 4.79 Å². The van der Waals surface area contributed by atoms with Crippen molar-refractivity contribution in [3.63, 3.8) is 0 Å². The lowest BCUT2D eigenvalue weighted by Crippen LogP contribution is -1.97. The topological polar surface area (TPSA) is 39.2 Å². The summed E-state index contributed by atoms with van der Waals surface area (Å²) in [5, 5.41) is 3.16. The van der Waals surface area contributed by atoms with Gasteiger partial charge in [-0.1, -0.05) is 13.8 Å². The minimum atomic E-state index is 0.0626. The number of ketones is 1. The van der Waals surface area contributed by atoms with Crippen molar-refractivity contribution in [3.05, 3.63) is 45.9 Å². The molecule has 3 nitrogen and oxygen atoms in total. The summed E-state index contributed by atoms with van der Waals surface area (Å²) in [6.45, 7) is 6.27. The summed E-state index contributed by atoms with van der Waals surface area (Å²) < 4.78 is 5.65. The van der Waals surface area contributed by atoms with Crippen LogP contribution in [-0.4, -0.2) is 10.8 Å². The standard InChI is InChI=1S/C15H17NO2S/c1-10(2)15-16-13(9-19-15)8-18-14-6-4-12(5-7-14)11(3)17/h4-7,9-10H,8H2,1-3H3. The van der Waals surface area contributed by atoms with Crippen LogP contribution in [0.5, 0.6) is 5.75 Å². The lowest BCUT2D eigenvalue weighted by molar-refractivity contribution is 0.101. The van der Waals surface area contributed by atoms with Crippen molar-refractivity contribution < 1.29 is 9.53 Å². The van der Waals surface area contributed by atoms with Gasteiger partial charge in [0.15, 0.2) is 5.78 Å². The molecule has 0 amide bonds. The minimum Gasteiger partial charge on any atom is -0.487 e. The van der Waals surface area contributed by atoms with Crippen LogP contribution in [0, 0.1) is 0 Å². The van der Waals surface area contributed by atoms with Crippen molar-refractivity contribution in [1.82, 2.24) is 4.98 Å².